The highest BCUT2D eigenvalue weighted by molar-refractivity contribution is 5.91. The number of fused-ring (bicyclic) bond motifs is 1. The van der Waals surface area contributed by atoms with E-state index in [-0.39, 0.29) is 30.0 Å². The molecule has 0 saturated heterocycles. The van der Waals surface area contributed by atoms with E-state index < -0.39 is 0 Å². The van der Waals surface area contributed by atoms with Crippen molar-refractivity contribution in [2.24, 2.45) is 11.3 Å². The number of rotatable bonds is 3. The minimum atomic E-state index is -0.331. The zero-order chi connectivity index (χ0) is 16.9. The average Bonchev–Trinajstić information content (AvgIpc) is 3.13. The molecule has 1 fully saturated rings. The van der Waals surface area contributed by atoms with Gasteiger partial charge in [0.05, 0.1) is 0 Å². The maximum Gasteiger partial charge on any atom is 0.231 e. The third-order valence-corrected chi connectivity index (χ3v) is 5.03. The summed E-state index contributed by atoms with van der Waals surface area (Å²) in [6.07, 6.45) is 0. The molecule has 3 heteroatoms. The van der Waals surface area contributed by atoms with E-state index in [0.717, 1.165) is 17.1 Å². The lowest BCUT2D eigenvalue weighted by atomic mass is 9.86. The maximum absolute atomic E-state index is 13.0. The van der Waals surface area contributed by atoms with Gasteiger partial charge in [0.2, 0.25) is 6.79 Å². The molecule has 0 unspecified atom stereocenters. The smallest absolute Gasteiger partial charge is 0.231 e. The molecular weight excluding hydrogens is 300 g/mol. The number of carbonyl (C=O) groups is 1. The van der Waals surface area contributed by atoms with Crippen LogP contribution in [0.3, 0.4) is 0 Å². The molecule has 124 valence electrons. The van der Waals surface area contributed by atoms with Crippen molar-refractivity contribution >= 4 is 5.78 Å². The van der Waals surface area contributed by atoms with E-state index in [1.54, 1.807) is 0 Å². The number of benzene rings is 2. The van der Waals surface area contributed by atoms with E-state index in [4.69, 9.17) is 9.47 Å². The van der Waals surface area contributed by atoms with Crippen LogP contribution in [0.5, 0.6) is 11.5 Å². The van der Waals surface area contributed by atoms with E-state index >= 15 is 0 Å². The Balaban J connectivity index is 1.70. The molecule has 2 aromatic rings. The molecule has 4 rings (SSSR count). The number of carbonyl (C=O) groups excluding carboxylic acids is 1. The van der Waals surface area contributed by atoms with Crippen molar-refractivity contribution in [3.63, 3.8) is 0 Å². The van der Waals surface area contributed by atoms with Crippen LogP contribution in [0.1, 0.15) is 43.7 Å². The SMILES string of the molecule is CC(C)(C)C(=O)[C@@H]1[C@@H](c2ccccc2)[C@H]1c1ccc2c(c1)OCO2. The van der Waals surface area contributed by atoms with Gasteiger partial charge in [-0.2, -0.15) is 0 Å². The number of hydrogen-bond acceptors (Lipinski definition) is 3. The molecule has 0 amide bonds. The molecule has 3 atom stereocenters. The van der Waals surface area contributed by atoms with E-state index in [2.05, 4.69) is 18.2 Å². The molecule has 2 aliphatic rings. The third-order valence-electron chi connectivity index (χ3n) is 5.03. The largest absolute Gasteiger partial charge is 0.454 e. The Kier molecular flexibility index (Phi) is 3.41. The van der Waals surface area contributed by atoms with E-state index in [1.165, 1.54) is 5.56 Å². The van der Waals surface area contributed by atoms with Gasteiger partial charge < -0.3 is 9.47 Å². The molecule has 24 heavy (non-hydrogen) atoms. The summed E-state index contributed by atoms with van der Waals surface area (Å²) in [6, 6.07) is 16.4. The first kappa shape index (κ1) is 15.3. The van der Waals surface area contributed by atoms with E-state index in [0.29, 0.717) is 5.78 Å². The van der Waals surface area contributed by atoms with Gasteiger partial charge in [0.15, 0.2) is 11.5 Å². The van der Waals surface area contributed by atoms with Crippen molar-refractivity contribution < 1.29 is 14.3 Å². The molecular formula is C21H22O3. The predicted octanol–water partition coefficient (Wildman–Crippen LogP) is 4.53. The second kappa shape index (κ2) is 5.37. The molecule has 0 N–H and O–H groups in total. The van der Waals surface area contributed by atoms with Gasteiger partial charge in [-0.15, -0.1) is 0 Å². The standard InChI is InChI=1S/C21H22O3/c1-21(2,3)20(22)19-17(13-7-5-4-6-8-13)18(19)14-9-10-15-16(11-14)24-12-23-15/h4-11,17-19H,12H2,1-3H3/t17-,18+,19+/m0/s1. The molecule has 0 aromatic heterocycles. The monoisotopic (exact) mass is 322 g/mol. The van der Waals surface area contributed by atoms with Crippen molar-refractivity contribution in [1.29, 1.82) is 0 Å². The Morgan fingerprint density at radius 2 is 1.58 bits per heavy atom. The highest BCUT2D eigenvalue weighted by atomic mass is 16.7. The van der Waals surface area contributed by atoms with Crippen molar-refractivity contribution in [3.05, 3.63) is 59.7 Å². The number of ketones is 1. The third kappa shape index (κ3) is 2.48. The summed E-state index contributed by atoms with van der Waals surface area (Å²) >= 11 is 0. The summed E-state index contributed by atoms with van der Waals surface area (Å²) in [5.74, 6) is 2.40. The highest BCUT2D eigenvalue weighted by Gasteiger charge is 2.57. The Morgan fingerprint density at radius 1 is 0.917 bits per heavy atom. The van der Waals surface area contributed by atoms with Crippen LogP contribution in [-0.2, 0) is 4.79 Å². The van der Waals surface area contributed by atoms with Gasteiger partial charge in [-0.3, -0.25) is 4.79 Å². The van der Waals surface area contributed by atoms with Gasteiger partial charge >= 0.3 is 0 Å². The Morgan fingerprint density at radius 3 is 2.29 bits per heavy atom. The van der Waals surface area contributed by atoms with E-state index in [1.807, 2.05) is 51.1 Å². The number of hydrogen-bond donors (Lipinski definition) is 0. The Labute approximate surface area is 142 Å². The highest BCUT2D eigenvalue weighted by Crippen LogP contribution is 2.63. The lowest BCUT2D eigenvalue weighted by Crippen LogP contribution is -2.23. The van der Waals surface area contributed by atoms with Crippen molar-refractivity contribution in [3.8, 4) is 11.5 Å². The summed E-state index contributed by atoms with van der Waals surface area (Å²) in [5.41, 5.74) is 2.07. The molecule has 0 bridgehead atoms. The minimum Gasteiger partial charge on any atom is -0.454 e. The topological polar surface area (TPSA) is 35.5 Å². The second-order valence-corrected chi connectivity index (χ2v) is 7.71. The Bertz CT molecular complexity index is 773. The van der Waals surface area contributed by atoms with Gasteiger partial charge in [-0.1, -0.05) is 57.2 Å². The molecule has 0 radical (unpaired) electrons. The molecule has 2 aromatic carbocycles. The van der Waals surface area contributed by atoms with Gasteiger partial charge in [-0.25, -0.2) is 0 Å². The molecule has 1 aliphatic carbocycles. The van der Waals surface area contributed by atoms with Crippen LogP contribution in [0.2, 0.25) is 0 Å². The van der Waals surface area contributed by atoms with Crippen LogP contribution in [0, 0.1) is 11.3 Å². The van der Waals surface area contributed by atoms with Crippen LogP contribution < -0.4 is 9.47 Å². The average molecular weight is 322 g/mol. The first-order valence-corrected chi connectivity index (χ1v) is 8.45. The van der Waals surface area contributed by atoms with E-state index in [9.17, 15) is 4.79 Å². The van der Waals surface area contributed by atoms with Gasteiger partial charge in [-0.05, 0) is 23.3 Å². The second-order valence-electron chi connectivity index (χ2n) is 7.71. The normalized spacial score (nSPS) is 24.7. The fourth-order valence-corrected chi connectivity index (χ4v) is 3.76. The van der Waals surface area contributed by atoms with Gasteiger partial charge in [0, 0.05) is 23.2 Å². The maximum atomic E-state index is 13.0. The lowest BCUT2D eigenvalue weighted by molar-refractivity contribution is -0.127. The summed E-state index contributed by atoms with van der Waals surface area (Å²) in [6.45, 7) is 6.29. The first-order valence-electron chi connectivity index (χ1n) is 8.45. The van der Waals surface area contributed by atoms with Crippen LogP contribution in [0.15, 0.2) is 48.5 Å². The first-order chi connectivity index (χ1) is 11.5. The molecule has 1 aliphatic heterocycles. The molecule has 3 nitrogen and oxygen atoms in total. The van der Waals surface area contributed by atoms with Gasteiger partial charge in [0.1, 0.15) is 5.78 Å². The number of Topliss-reactive ketones (excluding diaryl/α,β-unsaturated/α-hetero) is 1. The summed E-state index contributed by atoms with van der Waals surface area (Å²) in [4.78, 5) is 13.0. The summed E-state index contributed by atoms with van der Waals surface area (Å²) in [7, 11) is 0. The van der Waals surface area contributed by atoms with Gasteiger partial charge in [0.25, 0.3) is 0 Å². The summed E-state index contributed by atoms with van der Waals surface area (Å²) in [5, 5.41) is 0. The quantitative estimate of drug-likeness (QED) is 0.833. The number of ether oxygens (including phenoxy) is 2. The fraction of sp³-hybridized carbons (Fsp3) is 0.381. The lowest BCUT2D eigenvalue weighted by Gasteiger charge is -2.16. The van der Waals surface area contributed by atoms with Crippen LogP contribution in [-0.4, -0.2) is 12.6 Å². The van der Waals surface area contributed by atoms with Crippen molar-refractivity contribution in [1.82, 2.24) is 0 Å². The predicted molar refractivity (Wildman–Crippen MR) is 92.4 cm³/mol. The van der Waals surface area contributed by atoms with Crippen LogP contribution in [0.4, 0.5) is 0 Å². The van der Waals surface area contributed by atoms with Crippen LogP contribution >= 0.6 is 0 Å². The van der Waals surface area contributed by atoms with Crippen LogP contribution in [0.25, 0.3) is 0 Å². The van der Waals surface area contributed by atoms with Crippen molar-refractivity contribution in [2.75, 3.05) is 6.79 Å². The fourth-order valence-electron chi connectivity index (χ4n) is 3.76. The molecule has 1 heterocycles. The molecule has 0 spiro atoms. The van der Waals surface area contributed by atoms with Crippen molar-refractivity contribution in [2.45, 2.75) is 32.6 Å². The summed E-state index contributed by atoms with van der Waals surface area (Å²) < 4.78 is 10.9. The molecule has 1 saturated carbocycles. The Hall–Kier alpha value is -2.29. The minimum absolute atomic E-state index is 0.0350. The zero-order valence-corrected chi connectivity index (χ0v) is 14.3. The zero-order valence-electron chi connectivity index (χ0n) is 14.3.